The predicted octanol–water partition coefficient (Wildman–Crippen LogP) is 7.21. The molecule has 6 aromatic rings. The van der Waals surface area contributed by atoms with Crippen LogP contribution in [0.5, 0.6) is 0 Å². The van der Waals surface area contributed by atoms with E-state index in [9.17, 15) is 0 Å². The Morgan fingerprint density at radius 1 is 0.625 bits per heavy atom. The van der Waals surface area contributed by atoms with Gasteiger partial charge in [0, 0.05) is 49.4 Å². The Bertz CT molecular complexity index is 1930. The van der Waals surface area contributed by atoms with Gasteiger partial charge in [-0.05, 0) is 50.1 Å². The molecule has 0 saturated carbocycles. The summed E-state index contributed by atoms with van der Waals surface area (Å²) in [6.45, 7) is 7.23. The monoisotopic (exact) mass is 641 g/mol. The summed E-state index contributed by atoms with van der Waals surface area (Å²) in [5, 5.41) is 23.7. The lowest BCUT2D eigenvalue weighted by Crippen LogP contribution is -2.10. The van der Waals surface area contributed by atoms with Crippen LogP contribution in [-0.2, 0) is 4.74 Å². The predicted molar refractivity (Wildman–Crippen MR) is 193 cm³/mol. The first-order chi connectivity index (χ1) is 23.4. The first-order valence-electron chi connectivity index (χ1n) is 15.4. The van der Waals surface area contributed by atoms with Gasteiger partial charge >= 0.3 is 0 Å². The van der Waals surface area contributed by atoms with Crippen molar-refractivity contribution in [2.75, 3.05) is 36.2 Å². The molecule has 244 valence electrons. The number of aromatic amines is 2. The van der Waals surface area contributed by atoms with Gasteiger partial charge in [-0.1, -0.05) is 72.3 Å². The molecule has 0 bridgehead atoms. The molecule has 12 heteroatoms. The molecule has 0 atom stereocenters. The molecule has 48 heavy (non-hydrogen) atoms. The number of aryl methyl sites for hydroxylation is 3. The summed E-state index contributed by atoms with van der Waals surface area (Å²) in [7, 11) is 1.67. The van der Waals surface area contributed by atoms with Gasteiger partial charge in [-0.2, -0.15) is 10.2 Å². The number of nitrogens with zero attached hydrogens (tertiary/aromatic N) is 6. The zero-order chi connectivity index (χ0) is 33.6. The first-order valence-corrected chi connectivity index (χ1v) is 15.4. The fraction of sp³-hybridized carbons (Fsp3) is 0.167. The van der Waals surface area contributed by atoms with Gasteiger partial charge in [-0.25, -0.2) is 19.9 Å². The van der Waals surface area contributed by atoms with Gasteiger partial charge in [0.05, 0.1) is 6.61 Å². The number of rotatable bonds is 12. The van der Waals surface area contributed by atoms with Crippen LogP contribution < -0.4 is 16.0 Å². The summed E-state index contributed by atoms with van der Waals surface area (Å²) in [5.41, 5.74) is 5.41. The van der Waals surface area contributed by atoms with Crippen molar-refractivity contribution >= 4 is 53.4 Å². The molecule has 0 radical (unpaired) electrons. The van der Waals surface area contributed by atoms with E-state index in [4.69, 9.17) is 4.74 Å². The Balaban J connectivity index is 0.000000194. The number of hydrogen-bond acceptors (Lipinski definition) is 10. The van der Waals surface area contributed by atoms with E-state index in [-0.39, 0.29) is 0 Å². The molecule has 2 aromatic carbocycles. The molecule has 0 aliphatic rings. The van der Waals surface area contributed by atoms with Crippen LogP contribution in [0.1, 0.15) is 39.7 Å². The van der Waals surface area contributed by atoms with E-state index in [1.165, 1.54) is 5.56 Å². The lowest BCUT2D eigenvalue weighted by molar-refractivity contribution is 0.210. The van der Waals surface area contributed by atoms with Crippen molar-refractivity contribution in [3.8, 4) is 0 Å². The van der Waals surface area contributed by atoms with Gasteiger partial charge in [0.15, 0.2) is 23.3 Å². The van der Waals surface area contributed by atoms with Gasteiger partial charge < -0.3 is 20.7 Å². The highest BCUT2D eigenvalue weighted by atomic mass is 16.5. The molecule has 5 N–H and O–H groups in total. The Morgan fingerprint density at radius 3 is 1.88 bits per heavy atom. The van der Waals surface area contributed by atoms with Crippen molar-refractivity contribution in [3.05, 3.63) is 125 Å². The van der Waals surface area contributed by atoms with Crippen molar-refractivity contribution < 1.29 is 4.74 Å². The third-order valence-corrected chi connectivity index (χ3v) is 6.68. The topological polar surface area (TPSA) is 154 Å². The minimum absolute atomic E-state index is 0.597. The summed E-state index contributed by atoms with van der Waals surface area (Å²) in [5.74, 6) is 4.81. The van der Waals surface area contributed by atoms with Crippen molar-refractivity contribution in [1.29, 1.82) is 0 Å². The zero-order valence-electron chi connectivity index (χ0n) is 27.4. The Kier molecular flexibility index (Phi) is 11.7. The van der Waals surface area contributed by atoms with E-state index in [0.29, 0.717) is 42.3 Å². The minimum Gasteiger partial charge on any atom is -0.383 e. The number of benzene rings is 2. The molecular weight excluding hydrogens is 602 g/mol. The van der Waals surface area contributed by atoms with Crippen molar-refractivity contribution in [2.24, 2.45) is 0 Å². The molecular formula is C36H39N11O. The molecule has 0 amide bonds. The molecule has 12 nitrogen and oxygen atoms in total. The van der Waals surface area contributed by atoms with Crippen LogP contribution in [0.25, 0.3) is 24.3 Å². The van der Waals surface area contributed by atoms with Crippen LogP contribution in [0.15, 0.2) is 85.1 Å². The summed E-state index contributed by atoms with van der Waals surface area (Å²) >= 11 is 0. The normalized spacial score (nSPS) is 11.0. The molecule has 0 saturated heterocycles. The molecule has 4 heterocycles. The van der Waals surface area contributed by atoms with Gasteiger partial charge in [0.25, 0.3) is 0 Å². The highest BCUT2D eigenvalue weighted by molar-refractivity contribution is 5.69. The minimum atomic E-state index is 0.597. The lowest BCUT2D eigenvalue weighted by atomic mass is 10.1. The van der Waals surface area contributed by atoms with Crippen LogP contribution in [0.3, 0.4) is 0 Å². The SMILES string of the molecule is COCCNc1cc(Nc2cc(C)[nH]n2)nc(/C=C/c2ccc(C)cc2)n1.Cc1cc(Nc2ccnc(/C=C/c3ccccc3)n2)n[nH]1. The average Bonchev–Trinajstić information content (AvgIpc) is 3.70. The van der Waals surface area contributed by atoms with Gasteiger partial charge in [-0.3, -0.25) is 10.2 Å². The number of ether oxygens (including phenoxy) is 1. The number of hydrogen-bond donors (Lipinski definition) is 5. The average molecular weight is 642 g/mol. The molecule has 0 unspecified atom stereocenters. The maximum absolute atomic E-state index is 5.09. The fourth-order valence-electron chi connectivity index (χ4n) is 4.31. The van der Waals surface area contributed by atoms with E-state index in [2.05, 4.69) is 87.5 Å². The maximum atomic E-state index is 5.09. The number of anilines is 5. The summed E-state index contributed by atoms with van der Waals surface area (Å²) < 4.78 is 5.09. The van der Waals surface area contributed by atoms with Gasteiger partial charge in [0.1, 0.15) is 17.5 Å². The second-order valence-corrected chi connectivity index (χ2v) is 10.8. The fourth-order valence-corrected chi connectivity index (χ4v) is 4.31. The highest BCUT2D eigenvalue weighted by Crippen LogP contribution is 2.18. The molecule has 0 aliphatic carbocycles. The van der Waals surface area contributed by atoms with Crippen molar-refractivity contribution in [3.63, 3.8) is 0 Å². The van der Waals surface area contributed by atoms with Gasteiger partial charge in [-0.15, -0.1) is 0 Å². The number of H-pyrrole nitrogens is 2. The van der Waals surface area contributed by atoms with Crippen LogP contribution in [-0.4, -0.2) is 60.6 Å². The third kappa shape index (κ3) is 10.7. The molecule has 4 aromatic heterocycles. The van der Waals surface area contributed by atoms with Crippen molar-refractivity contribution in [2.45, 2.75) is 20.8 Å². The largest absolute Gasteiger partial charge is 0.383 e. The van der Waals surface area contributed by atoms with Crippen LogP contribution in [0.2, 0.25) is 0 Å². The van der Waals surface area contributed by atoms with E-state index < -0.39 is 0 Å². The second kappa shape index (κ2) is 17.0. The number of methoxy groups -OCH3 is 1. The number of aromatic nitrogens is 8. The molecule has 6 rings (SSSR count). The van der Waals surface area contributed by atoms with E-state index in [0.717, 1.165) is 34.2 Å². The van der Waals surface area contributed by atoms with Crippen LogP contribution in [0, 0.1) is 20.8 Å². The van der Waals surface area contributed by atoms with Gasteiger partial charge in [0.2, 0.25) is 0 Å². The van der Waals surface area contributed by atoms with Crippen molar-refractivity contribution in [1.82, 2.24) is 40.3 Å². The Hall–Kier alpha value is -6.14. The maximum Gasteiger partial charge on any atom is 0.156 e. The third-order valence-electron chi connectivity index (χ3n) is 6.68. The highest BCUT2D eigenvalue weighted by Gasteiger charge is 2.06. The summed E-state index contributed by atoms with van der Waals surface area (Å²) in [6, 6.07) is 25.8. The quantitative estimate of drug-likeness (QED) is 0.0866. The second-order valence-electron chi connectivity index (χ2n) is 10.8. The number of nitrogens with one attached hydrogen (secondary N) is 5. The lowest BCUT2D eigenvalue weighted by Gasteiger charge is -2.09. The summed E-state index contributed by atoms with van der Waals surface area (Å²) in [6.07, 6.45) is 9.48. The molecule has 0 fully saturated rings. The first kappa shape index (κ1) is 33.2. The van der Waals surface area contributed by atoms with Crippen LogP contribution >= 0.6 is 0 Å². The van der Waals surface area contributed by atoms with Crippen LogP contribution in [0.4, 0.5) is 29.1 Å². The Labute approximate surface area is 279 Å². The zero-order valence-corrected chi connectivity index (χ0v) is 27.4. The van der Waals surface area contributed by atoms with E-state index in [1.54, 1.807) is 13.3 Å². The Morgan fingerprint density at radius 2 is 1.23 bits per heavy atom. The molecule has 0 spiro atoms. The molecule has 0 aliphatic heterocycles. The van der Waals surface area contributed by atoms with E-state index in [1.807, 2.05) is 92.7 Å². The van der Waals surface area contributed by atoms with E-state index >= 15 is 0 Å². The summed E-state index contributed by atoms with van der Waals surface area (Å²) in [4.78, 5) is 17.8. The smallest absolute Gasteiger partial charge is 0.156 e. The standard InChI is InChI=1S/C20H24N6O.C16H15N5/c1-14-4-6-16(7-5-14)8-9-17-22-18(21-10-11-27-3)13-19(23-17)24-20-12-15(2)25-26-20;1-12-11-16(21-20-12)19-15-9-10-17-14(18-15)8-7-13-5-3-2-4-6-13/h4-9,12-13H,10-11H2,1-3H3,(H3,21,22,23,24,25,26);2-11H,1H3,(H2,17,18,19,20,21)/b9-8+;8-7+.